The Bertz CT molecular complexity index is 888. The Morgan fingerprint density at radius 1 is 1.42 bits per heavy atom. The summed E-state index contributed by atoms with van der Waals surface area (Å²) in [5.74, 6) is -1.64. The average molecular weight is 450 g/mol. The molecule has 2 saturated heterocycles. The van der Waals surface area contributed by atoms with Gasteiger partial charge in [0.25, 0.3) is 11.6 Å². The molecule has 0 radical (unpaired) electrons. The summed E-state index contributed by atoms with van der Waals surface area (Å²) < 4.78 is 10.6. The van der Waals surface area contributed by atoms with Gasteiger partial charge in [-0.15, -0.1) is 0 Å². The van der Waals surface area contributed by atoms with Gasteiger partial charge in [0.05, 0.1) is 17.4 Å². The molecule has 2 aliphatic rings. The van der Waals surface area contributed by atoms with Gasteiger partial charge in [-0.3, -0.25) is 29.8 Å². The first-order valence-electron chi connectivity index (χ1n) is 9.76. The van der Waals surface area contributed by atoms with Crippen molar-refractivity contribution in [1.82, 2.24) is 15.5 Å². The Hall–Kier alpha value is -3.12. The number of esters is 1. The molecule has 12 heteroatoms. The Kier molecular flexibility index (Phi) is 7.47. The minimum absolute atomic E-state index is 0.0468. The van der Waals surface area contributed by atoms with Gasteiger partial charge < -0.3 is 19.7 Å². The van der Waals surface area contributed by atoms with Crippen LogP contribution < -0.4 is 10.6 Å². The highest BCUT2D eigenvalue weighted by Gasteiger charge is 2.34. The van der Waals surface area contributed by atoms with Crippen molar-refractivity contribution in [3.05, 3.63) is 39.9 Å². The topological polar surface area (TPSA) is 140 Å². The van der Waals surface area contributed by atoms with Crippen molar-refractivity contribution in [3.63, 3.8) is 0 Å². The molecule has 0 bridgehead atoms. The quantitative estimate of drug-likeness (QED) is 0.275. The maximum atomic E-state index is 12.5. The number of piperazine rings is 1. The number of carbonyl (C=O) groups excluding carboxylic acids is 3. The fourth-order valence-electron chi connectivity index (χ4n) is 3.34. The molecular weight excluding hydrogens is 428 g/mol. The van der Waals surface area contributed by atoms with Crippen LogP contribution in [0.15, 0.2) is 24.3 Å². The van der Waals surface area contributed by atoms with Crippen LogP contribution in [0.25, 0.3) is 0 Å². The minimum Gasteiger partial charge on any atom is -0.463 e. The number of hydrogen-bond donors (Lipinski definition) is 2. The van der Waals surface area contributed by atoms with Crippen LogP contribution in [0.3, 0.4) is 0 Å². The van der Waals surface area contributed by atoms with E-state index in [9.17, 15) is 24.5 Å². The SMILES string of the molecule is O=C(C[C@H]1C(=O)NCCN1C(=S)NC(=O)c1cccc([N+](=O)[O-])c1)OC[C@@H]1CCCO1. The molecule has 11 nitrogen and oxygen atoms in total. The molecule has 0 aromatic heterocycles. The van der Waals surface area contributed by atoms with Crippen molar-refractivity contribution >= 4 is 40.8 Å². The molecule has 2 atom stereocenters. The van der Waals surface area contributed by atoms with Crippen LogP contribution in [0, 0.1) is 10.1 Å². The lowest BCUT2D eigenvalue weighted by Crippen LogP contribution is -2.60. The second-order valence-corrected chi connectivity index (χ2v) is 7.48. The van der Waals surface area contributed by atoms with Crippen LogP contribution in [0.2, 0.25) is 0 Å². The predicted octanol–water partition coefficient (Wildman–Crippen LogP) is 0.522. The van der Waals surface area contributed by atoms with E-state index >= 15 is 0 Å². The minimum atomic E-state index is -0.941. The number of rotatable bonds is 6. The molecule has 2 N–H and O–H groups in total. The molecule has 0 saturated carbocycles. The van der Waals surface area contributed by atoms with E-state index < -0.39 is 28.7 Å². The average Bonchev–Trinajstić information content (AvgIpc) is 3.27. The van der Waals surface area contributed by atoms with Gasteiger partial charge in [0.1, 0.15) is 12.6 Å². The van der Waals surface area contributed by atoms with E-state index in [1.165, 1.54) is 23.1 Å². The first kappa shape index (κ1) is 22.6. The fraction of sp³-hybridized carbons (Fsp3) is 0.474. The molecule has 31 heavy (non-hydrogen) atoms. The van der Waals surface area contributed by atoms with Crippen LogP contribution in [0.1, 0.15) is 29.6 Å². The zero-order valence-electron chi connectivity index (χ0n) is 16.6. The zero-order valence-corrected chi connectivity index (χ0v) is 17.4. The van der Waals surface area contributed by atoms with E-state index in [1.807, 2.05) is 0 Å². The van der Waals surface area contributed by atoms with Gasteiger partial charge in [0, 0.05) is 37.4 Å². The molecule has 2 fully saturated rings. The maximum absolute atomic E-state index is 12.5. The van der Waals surface area contributed by atoms with E-state index in [2.05, 4.69) is 10.6 Å². The van der Waals surface area contributed by atoms with Crippen molar-refractivity contribution in [2.75, 3.05) is 26.3 Å². The van der Waals surface area contributed by atoms with Crippen molar-refractivity contribution in [1.29, 1.82) is 0 Å². The molecule has 3 rings (SSSR count). The number of thiocarbonyl (C=S) groups is 1. The van der Waals surface area contributed by atoms with Crippen LogP contribution in [0.4, 0.5) is 5.69 Å². The highest BCUT2D eigenvalue weighted by atomic mass is 32.1. The summed E-state index contributed by atoms with van der Waals surface area (Å²) in [6.07, 6.45) is 1.36. The monoisotopic (exact) mass is 450 g/mol. The first-order chi connectivity index (χ1) is 14.8. The third-order valence-electron chi connectivity index (χ3n) is 4.95. The van der Waals surface area contributed by atoms with Crippen molar-refractivity contribution in [2.24, 2.45) is 0 Å². The molecule has 166 valence electrons. The number of benzene rings is 1. The van der Waals surface area contributed by atoms with Gasteiger partial charge >= 0.3 is 5.97 Å². The lowest BCUT2D eigenvalue weighted by atomic mass is 10.1. The highest BCUT2D eigenvalue weighted by Crippen LogP contribution is 2.16. The lowest BCUT2D eigenvalue weighted by Gasteiger charge is -2.36. The largest absolute Gasteiger partial charge is 0.463 e. The molecule has 2 aliphatic heterocycles. The lowest BCUT2D eigenvalue weighted by molar-refractivity contribution is -0.384. The Labute approximate surface area is 183 Å². The van der Waals surface area contributed by atoms with E-state index in [-0.39, 0.29) is 48.6 Å². The van der Waals surface area contributed by atoms with Crippen LogP contribution in [-0.4, -0.2) is 71.2 Å². The molecule has 2 amide bonds. The van der Waals surface area contributed by atoms with E-state index in [0.29, 0.717) is 6.61 Å². The number of ether oxygens (including phenoxy) is 2. The summed E-state index contributed by atoms with van der Waals surface area (Å²) in [7, 11) is 0. The number of non-ortho nitro benzene ring substituents is 1. The standard InChI is InChI=1S/C19H22N4O7S/c24-16(30-11-14-5-2-8-29-14)10-15-18(26)20-6-7-22(15)19(31)21-17(25)12-3-1-4-13(9-12)23(27)28/h1,3-4,9,14-15H,2,5-8,10-11H2,(H,20,26)(H,21,25,31)/t14-,15-/m0/s1. The molecule has 1 aromatic rings. The number of nitro benzene ring substituents is 1. The van der Waals surface area contributed by atoms with Crippen LogP contribution >= 0.6 is 12.2 Å². The summed E-state index contributed by atoms with van der Waals surface area (Å²) in [6.45, 7) is 1.33. The summed E-state index contributed by atoms with van der Waals surface area (Å²) >= 11 is 5.28. The fourth-order valence-corrected chi connectivity index (χ4v) is 3.65. The Morgan fingerprint density at radius 3 is 2.94 bits per heavy atom. The summed E-state index contributed by atoms with van der Waals surface area (Å²) in [6, 6.07) is 4.25. The summed E-state index contributed by atoms with van der Waals surface area (Å²) in [5, 5.41) is 16.0. The molecular formula is C19H22N4O7S. The van der Waals surface area contributed by atoms with Crippen LogP contribution in [-0.2, 0) is 19.1 Å². The van der Waals surface area contributed by atoms with Crippen LogP contribution in [0.5, 0.6) is 0 Å². The second kappa shape index (κ2) is 10.3. The number of nitro groups is 1. The predicted molar refractivity (Wildman–Crippen MR) is 111 cm³/mol. The molecule has 0 spiro atoms. The third kappa shape index (κ3) is 5.95. The van der Waals surface area contributed by atoms with E-state index in [1.54, 1.807) is 0 Å². The summed E-state index contributed by atoms with van der Waals surface area (Å²) in [4.78, 5) is 48.8. The maximum Gasteiger partial charge on any atom is 0.308 e. The van der Waals surface area contributed by atoms with Gasteiger partial charge in [-0.2, -0.15) is 0 Å². The molecule has 1 aromatic carbocycles. The van der Waals surface area contributed by atoms with Crippen molar-refractivity contribution < 1.29 is 28.8 Å². The number of nitrogens with one attached hydrogen (secondary N) is 2. The smallest absolute Gasteiger partial charge is 0.308 e. The van der Waals surface area contributed by atoms with Gasteiger partial charge in [-0.05, 0) is 31.1 Å². The highest BCUT2D eigenvalue weighted by molar-refractivity contribution is 7.80. The number of amides is 2. The zero-order chi connectivity index (χ0) is 22.4. The normalized spacial score (nSPS) is 20.6. The molecule has 0 aliphatic carbocycles. The molecule has 0 unspecified atom stereocenters. The summed E-state index contributed by atoms with van der Waals surface area (Å²) in [5.41, 5.74) is -0.187. The van der Waals surface area contributed by atoms with Crippen molar-refractivity contribution in [2.45, 2.75) is 31.4 Å². The first-order valence-corrected chi connectivity index (χ1v) is 10.2. The van der Waals surface area contributed by atoms with Crippen molar-refractivity contribution in [3.8, 4) is 0 Å². The Morgan fingerprint density at radius 2 is 2.23 bits per heavy atom. The van der Waals surface area contributed by atoms with Gasteiger partial charge in [0.2, 0.25) is 5.91 Å². The number of carbonyl (C=O) groups is 3. The third-order valence-corrected chi connectivity index (χ3v) is 5.28. The number of hydrogen-bond acceptors (Lipinski definition) is 8. The van der Waals surface area contributed by atoms with E-state index in [4.69, 9.17) is 21.7 Å². The second-order valence-electron chi connectivity index (χ2n) is 7.09. The van der Waals surface area contributed by atoms with E-state index in [0.717, 1.165) is 18.9 Å². The molecule has 2 heterocycles. The van der Waals surface area contributed by atoms with Gasteiger partial charge in [-0.25, -0.2) is 0 Å². The Balaban J connectivity index is 1.61. The number of nitrogens with zero attached hydrogens (tertiary/aromatic N) is 2. The van der Waals surface area contributed by atoms with Gasteiger partial charge in [0.15, 0.2) is 5.11 Å². The van der Waals surface area contributed by atoms with Gasteiger partial charge in [-0.1, -0.05) is 6.07 Å².